The molecule has 0 spiro atoms. The van der Waals surface area contributed by atoms with Crippen LogP contribution >= 0.6 is 12.2 Å². The van der Waals surface area contributed by atoms with Crippen molar-refractivity contribution in [3.05, 3.63) is 108 Å². The molecule has 9 heteroatoms. The largest absolute Gasteiger partial charge is 0.495 e. The molecule has 0 bridgehead atoms. The fourth-order valence-corrected chi connectivity index (χ4v) is 4.98. The van der Waals surface area contributed by atoms with E-state index in [9.17, 15) is 9.18 Å². The molecular formula is C28H26FN5O2S. The molecule has 188 valence electrons. The van der Waals surface area contributed by atoms with Gasteiger partial charge in [0.05, 0.1) is 30.6 Å². The Balaban J connectivity index is 1.44. The highest BCUT2D eigenvalue weighted by Gasteiger charge is 2.41. The van der Waals surface area contributed by atoms with Gasteiger partial charge in [-0.05, 0) is 66.8 Å². The first-order valence-electron chi connectivity index (χ1n) is 11.9. The summed E-state index contributed by atoms with van der Waals surface area (Å²) >= 11 is 5.74. The number of carbonyl (C=O) groups excluding carboxylic acids is 1. The summed E-state index contributed by atoms with van der Waals surface area (Å²) in [5, 5.41) is 6.84. The van der Waals surface area contributed by atoms with E-state index in [0.717, 1.165) is 11.4 Å². The number of nitrogens with one attached hydrogen (secondary N) is 2. The minimum Gasteiger partial charge on any atom is -0.495 e. The van der Waals surface area contributed by atoms with Crippen LogP contribution in [0.4, 0.5) is 10.1 Å². The quantitative estimate of drug-likeness (QED) is 0.321. The van der Waals surface area contributed by atoms with E-state index in [1.807, 2.05) is 64.2 Å². The van der Waals surface area contributed by atoms with Crippen LogP contribution in [0.3, 0.4) is 0 Å². The number of aromatic nitrogens is 2. The Morgan fingerprint density at radius 3 is 2.73 bits per heavy atom. The molecular weight excluding hydrogens is 489 g/mol. The highest BCUT2D eigenvalue weighted by atomic mass is 32.1. The lowest BCUT2D eigenvalue weighted by Gasteiger charge is -2.29. The molecule has 2 aromatic carbocycles. The average molecular weight is 516 g/mol. The number of hydrogen-bond donors (Lipinski definition) is 2. The lowest BCUT2D eigenvalue weighted by molar-refractivity contribution is -0.116. The van der Waals surface area contributed by atoms with Crippen LogP contribution in [0.2, 0.25) is 0 Å². The molecule has 0 saturated carbocycles. The van der Waals surface area contributed by atoms with E-state index < -0.39 is 0 Å². The van der Waals surface area contributed by atoms with Crippen LogP contribution in [0.5, 0.6) is 5.75 Å². The summed E-state index contributed by atoms with van der Waals surface area (Å²) in [5.41, 5.74) is 3.04. The summed E-state index contributed by atoms with van der Waals surface area (Å²) in [6.45, 7) is 0.370. The molecule has 4 aromatic rings. The van der Waals surface area contributed by atoms with Crippen molar-refractivity contribution < 1.29 is 13.9 Å². The second-order valence-corrected chi connectivity index (χ2v) is 8.99. The van der Waals surface area contributed by atoms with E-state index in [-0.39, 0.29) is 30.2 Å². The smallest absolute Gasteiger partial charge is 0.226 e. The van der Waals surface area contributed by atoms with Crippen molar-refractivity contribution >= 4 is 28.9 Å². The van der Waals surface area contributed by atoms with Gasteiger partial charge in [-0.2, -0.15) is 0 Å². The molecule has 7 nitrogen and oxygen atoms in total. The lowest BCUT2D eigenvalue weighted by atomic mass is 10.0. The molecule has 5 rings (SSSR count). The molecule has 1 aliphatic rings. The molecule has 1 amide bonds. The van der Waals surface area contributed by atoms with Crippen molar-refractivity contribution in [1.82, 2.24) is 19.8 Å². The first-order valence-corrected chi connectivity index (χ1v) is 12.3. The van der Waals surface area contributed by atoms with Crippen molar-refractivity contribution in [1.29, 1.82) is 0 Å². The highest BCUT2D eigenvalue weighted by molar-refractivity contribution is 7.80. The lowest BCUT2D eigenvalue weighted by Crippen LogP contribution is -2.33. The van der Waals surface area contributed by atoms with Gasteiger partial charge in [-0.1, -0.05) is 24.3 Å². The van der Waals surface area contributed by atoms with Gasteiger partial charge in [0.2, 0.25) is 5.91 Å². The van der Waals surface area contributed by atoms with Crippen LogP contribution in [0, 0.1) is 5.82 Å². The number of hydrogen-bond acceptors (Lipinski definition) is 4. The molecule has 0 radical (unpaired) electrons. The number of nitrogens with zero attached hydrogens (tertiary/aromatic N) is 3. The maximum Gasteiger partial charge on any atom is 0.226 e. The van der Waals surface area contributed by atoms with Gasteiger partial charge in [0, 0.05) is 36.7 Å². The van der Waals surface area contributed by atoms with Gasteiger partial charge in [0.25, 0.3) is 0 Å². The molecule has 2 aromatic heterocycles. The summed E-state index contributed by atoms with van der Waals surface area (Å²) in [4.78, 5) is 19.5. The number of amides is 1. The molecule has 1 aliphatic heterocycles. The minimum absolute atomic E-state index is 0.159. The number of methoxy groups -OCH3 is 1. The number of pyridine rings is 1. The maximum atomic E-state index is 14.1. The van der Waals surface area contributed by atoms with Crippen LogP contribution < -0.4 is 15.4 Å². The first kappa shape index (κ1) is 24.5. The molecule has 1 fully saturated rings. The number of halogens is 1. The molecule has 1 saturated heterocycles. The van der Waals surface area contributed by atoms with Gasteiger partial charge >= 0.3 is 0 Å². The number of rotatable bonds is 8. The summed E-state index contributed by atoms with van der Waals surface area (Å²) in [6.07, 6.45) is 3.84. The Bertz CT molecular complexity index is 1410. The van der Waals surface area contributed by atoms with Gasteiger partial charge < -0.3 is 24.8 Å². The second-order valence-electron chi connectivity index (χ2n) is 8.60. The van der Waals surface area contributed by atoms with Crippen molar-refractivity contribution in [2.45, 2.75) is 18.5 Å². The standard InChI is InChI=1S/C28H26FN5O2S/c1-36-24-13-3-2-10-21(24)31-25(35)14-17-34-27(26(32-28(34)37)22-11-4-5-15-30-22)23-12-7-16-33(23)20-9-6-8-19(29)18-20/h2-13,15-16,18,26-27H,14,17H2,1H3,(H,31,35)(H,32,37)/t26-,27-/m0/s1. The predicted molar refractivity (Wildman–Crippen MR) is 144 cm³/mol. The van der Waals surface area contributed by atoms with E-state index >= 15 is 0 Å². The zero-order chi connectivity index (χ0) is 25.8. The zero-order valence-corrected chi connectivity index (χ0v) is 21.0. The number of para-hydroxylation sites is 2. The van der Waals surface area contributed by atoms with Crippen LogP contribution in [0.15, 0.2) is 91.3 Å². The van der Waals surface area contributed by atoms with Gasteiger partial charge in [-0.3, -0.25) is 9.78 Å². The first-order chi connectivity index (χ1) is 18.0. The minimum atomic E-state index is -0.316. The Labute approximate surface area is 219 Å². The summed E-state index contributed by atoms with van der Waals surface area (Å²) < 4.78 is 21.4. The van der Waals surface area contributed by atoms with E-state index in [0.29, 0.717) is 28.8 Å². The van der Waals surface area contributed by atoms with Gasteiger partial charge in [-0.15, -0.1) is 0 Å². The Kier molecular flexibility index (Phi) is 7.14. The molecule has 0 aliphatic carbocycles. The third-order valence-electron chi connectivity index (χ3n) is 6.33. The number of anilines is 1. The number of carbonyl (C=O) groups is 1. The van der Waals surface area contributed by atoms with Gasteiger partial charge in [0.15, 0.2) is 5.11 Å². The number of thiocarbonyl (C=S) groups is 1. The third-order valence-corrected chi connectivity index (χ3v) is 6.68. The Morgan fingerprint density at radius 2 is 1.95 bits per heavy atom. The fourth-order valence-electron chi connectivity index (χ4n) is 4.65. The molecule has 0 unspecified atom stereocenters. The third kappa shape index (κ3) is 5.17. The Morgan fingerprint density at radius 1 is 1.11 bits per heavy atom. The molecule has 37 heavy (non-hydrogen) atoms. The van der Waals surface area contributed by atoms with E-state index in [1.54, 1.807) is 31.5 Å². The number of ether oxygens (including phenoxy) is 1. The van der Waals surface area contributed by atoms with Crippen LogP contribution in [0.25, 0.3) is 5.69 Å². The van der Waals surface area contributed by atoms with Crippen molar-refractivity contribution in [2.24, 2.45) is 0 Å². The van der Waals surface area contributed by atoms with E-state index in [1.165, 1.54) is 12.1 Å². The number of benzene rings is 2. The Hall–Kier alpha value is -4.24. The van der Waals surface area contributed by atoms with E-state index in [2.05, 4.69) is 15.6 Å². The molecule has 2 N–H and O–H groups in total. The van der Waals surface area contributed by atoms with Gasteiger partial charge in [-0.25, -0.2) is 4.39 Å². The van der Waals surface area contributed by atoms with Crippen molar-refractivity contribution in [3.63, 3.8) is 0 Å². The fraction of sp³-hybridized carbons (Fsp3) is 0.179. The van der Waals surface area contributed by atoms with Crippen LogP contribution in [-0.2, 0) is 4.79 Å². The summed E-state index contributed by atoms with van der Waals surface area (Å²) in [5.74, 6) is 0.117. The van der Waals surface area contributed by atoms with Crippen molar-refractivity contribution in [3.8, 4) is 11.4 Å². The van der Waals surface area contributed by atoms with E-state index in [4.69, 9.17) is 17.0 Å². The molecule has 2 atom stereocenters. The average Bonchev–Trinajstić information content (AvgIpc) is 3.52. The summed E-state index contributed by atoms with van der Waals surface area (Å²) in [6, 6.07) is 22.8. The zero-order valence-electron chi connectivity index (χ0n) is 20.2. The van der Waals surface area contributed by atoms with Gasteiger partial charge in [0.1, 0.15) is 11.6 Å². The normalized spacial score (nSPS) is 16.9. The maximum absolute atomic E-state index is 14.1. The predicted octanol–water partition coefficient (Wildman–Crippen LogP) is 5.02. The second kappa shape index (κ2) is 10.8. The highest BCUT2D eigenvalue weighted by Crippen LogP contribution is 2.39. The SMILES string of the molecule is COc1ccccc1NC(=O)CCN1C(=S)N[C@@H](c2ccccn2)[C@@H]1c1cccn1-c1cccc(F)c1. The topological polar surface area (TPSA) is 71.4 Å². The summed E-state index contributed by atoms with van der Waals surface area (Å²) in [7, 11) is 1.56. The molecule has 3 heterocycles. The van der Waals surface area contributed by atoms with Crippen LogP contribution in [0.1, 0.15) is 29.9 Å². The monoisotopic (exact) mass is 515 g/mol. The van der Waals surface area contributed by atoms with Crippen molar-refractivity contribution in [2.75, 3.05) is 19.0 Å². The van der Waals surface area contributed by atoms with Crippen LogP contribution in [-0.4, -0.2) is 39.1 Å².